The van der Waals surface area contributed by atoms with Gasteiger partial charge in [-0.05, 0) is 24.3 Å². The van der Waals surface area contributed by atoms with Crippen molar-refractivity contribution in [1.82, 2.24) is 4.57 Å². The Morgan fingerprint density at radius 1 is 0.656 bits per heavy atom. The Balaban J connectivity index is 1.82. The maximum atomic E-state index is 9.87. The molecule has 0 spiro atoms. The van der Waals surface area contributed by atoms with Gasteiger partial charge in [0.2, 0.25) is 0 Å². The third-order valence-electron chi connectivity index (χ3n) is 6.88. The summed E-state index contributed by atoms with van der Waals surface area (Å²) in [5.41, 5.74) is 6.41. The van der Waals surface area contributed by atoms with E-state index in [2.05, 4.69) is 78.3 Å². The van der Waals surface area contributed by atoms with E-state index >= 15 is 0 Å². The summed E-state index contributed by atoms with van der Waals surface area (Å²) in [6.07, 6.45) is 0. The topological polar surface area (TPSA) is 52.5 Å². The molecule has 0 N–H and O–H groups in total. The molecule has 0 saturated carbocycles. The molecule has 5 aromatic rings. The maximum Gasteiger partial charge on any atom is 0.101 e. The van der Waals surface area contributed by atoms with Crippen LogP contribution in [0.2, 0.25) is 13.1 Å². The first kappa shape index (κ1) is 18.6. The van der Waals surface area contributed by atoms with Gasteiger partial charge < -0.3 is 4.57 Å². The first-order valence-corrected chi connectivity index (χ1v) is 13.7. The van der Waals surface area contributed by atoms with Crippen molar-refractivity contribution in [3.63, 3.8) is 0 Å². The van der Waals surface area contributed by atoms with Gasteiger partial charge in [0.15, 0.2) is 0 Å². The van der Waals surface area contributed by atoms with E-state index in [0.29, 0.717) is 16.8 Å². The molecule has 2 heterocycles. The lowest BCUT2D eigenvalue weighted by molar-refractivity contribution is 1.16. The lowest BCUT2D eigenvalue weighted by Crippen LogP contribution is -2.49. The van der Waals surface area contributed by atoms with Crippen molar-refractivity contribution in [1.29, 1.82) is 10.5 Å². The quantitative estimate of drug-likeness (QED) is 0.341. The van der Waals surface area contributed by atoms with Crippen molar-refractivity contribution in [3.05, 3.63) is 90.0 Å². The van der Waals surface area contributed by atoms with Gasteiger partial charge in [-0.3, -0.25) is 0 Å². The number of hydrogen-bond acceptors (Lipinski definition) is 2. The molecule has 1 aromatic heterocycles. The summed E-state index contributed by atoms with van der Waals surface area (Å²) in [5.74, 6) is 0. The Bertz CT molecular complexity index is 1640. The molecule has 32 heavy (non-hydrogen) atoms. The fourth-order valence-corrected chi connectivity index (χ4v) is 8.44. The highest BCUT2D eigenvalue weighted by Gasteiger charge is 2.28. The highest BCUT2D eigenvalue weighted by atomic mass is 28.3. The van der Waals surface area contributed by atoms with Gasteiger partial charge in [-0.25, -0.2) is 0 Å². The second-order valence-corrected chi connectivity index (χ2v) is 13.2. The number of benzene rings is 4. The Labute approximate surface area is 187 Å². The summed E-state index contributed by atoms with van der Waals surface area (Å²) in [4.78, 5) is 0. The van der Waals surface area contributed by atoms with E-state index in [1.165, 1.54) is 21.5 Å². The van der Waals surface area contributed by atoms with Crippen LogP contribution in [0, 0.1) is 22.7 Å². The van der Waals surface area contributed by atoms with Gasteiger partial charge in [0.1, 0.15) is 12.1 Å². The Morgan fingerprint density at radius 3 is 2.09 bits per heavy atom. The van der Waals surface area contributed by atoms with Gasteiger partial charge in [0, 0.05) is 10.8 Å². The van der Waals surface area contributed by atoms with Crippen LogP contribution in [0.4, 0.5) is 0 Å². The first-order chi connectivity index (χ1) is 15.6. The SMILES string of the molecule is C[Si-]1(C)c2ccccc2-c2cc3c4ccccc4n(-c4c(C#N)cccc4C#N)c3cc21. The third kappa shape index (κ3) is 2.28. The second-order valence-electron chi connectivity index (χ2n) is 8.86. The van der Waals surface area contributed by atoms with Crippen LogP contribution >= 0.6 is 0 Å². The summed E-state index contributed by atoms with van der Waals surface area (Å²) in [6.45, 7) is 4.81. The molecular weight excluding hydrogens is 406 g/mol. The van der Waals surface area contributed by atoms with Gasteiger partial charge in [0.05, 0.1) is 27.8 Å². The van der Waals surface area contributed by atoms with Crippen molar-refractivity contribution in [2.75, 3.05) is 0 Å². The third-order valence-corrected chi connectivity index (χ3v) is 10.4. The summed E-state index contributed by atoms with van der Waals surface area (Å²) in [5, 5.41) is 24.9. The van der Waals surface area contributed by atoms with Crippen LogP contribution in [-0.4, -0.2) is 12.6 Å². The molecule has 4 aromatic carbocycles. The standard InChI is InChI=1S/C28H19N3Si/c1-32(2)26-13-6-4-11-21(26)23-14-22-20-10-3-5-12-24(20)31(25(22)15-27(23)32)28-18(16-29)8-7-9-19(28)17-30/h3-15H,1-2H3/q-1. The van der Waals surface area contributed by atoms with Crippen LogP contribution in [0.1, 0.15) is 11.1 Å². The second kappa shape index (κ2) is 6.44. The van der Waals surface area contributed by atoms with Gasteiger partial charge in [-0.15, -0.1) is 0 Å². The summed E-state index contributed by atoms with van der Waals surface area (Å²) >= 11 is 0. The average molecular weight is 426 g/mol. The van der Waals surface area contributed by atoms with Crippen LogP contribution in [0.5, 0.6) is 0 Å². The fourth-order valence-electron chi connectivity index (χ4n) is 5.37. The maximum absolute atomic E-state index is 9.87. The molecule has 3 nitrogen and oxygen atoms in total. The number of rotatable bonds is 1. The van der Waals surface area contributed by atoms with Crippen LogP contribution < -0.4 is 10.4 Å². The van der Waals surface area contributed by atoms with E-state index in [1.807, 2.05) is 12.1 Å². The number of para-hydroxylation sites is 2. The molecule has 0 bridgehead atoms. The predicted octanol–water partition coefficient (Wildman–Crippen LogP) is 5.33. The minimum Gasteiger partial charge on any atom is -0.307 e. The number of fused-ring (bicyclic) bond motifs is 6. The lowest BCUT2D eigenvalue weighted by Gasteiger charge is -2.32. The van der Waals surface area contributed by atoms with Crippen molar-refractivity contribution in [2.45, 2.75) is 13.1 Å². The van der Waals surface area contributed by atoms with E-state index in [-0.39, 0.29) is 0 Å². The zero-order chi connectivity index (χ0) is 22.0. The van der Waals surface area contributed by atoms with Gasteiger partial charge in [-0.1, -0.05) is 73.8 Å². The Kier molecular flexibility index (Phi) is 3.75. The Morgan fingerprint density at radius 2 is 1.34 bits per heavy atom. The number of nitriles is 2. The molecular formula is C28H19N3Si-. The minimum absolute atomic E-state index is 0.506. The first-order valence-electron chi connectivity index (χ1n) is 10.7. The predicted molar refractivity (Wildman–Crippen MR) is 132 cm³/mol. The molecule has 4 heteroatoms. The van der Waals surface area contributed by atoms with Gasteiger partial charge in [0.25, 0.3) is 0 Å². The monoisotopic (exact) mass is 425 g/mol. The number of nitrogens with zero attached hydrogens (tertiary/aromatic N) is 3. The smallest absolute Gasteiger partial charge is 0.101 e. The molecule has 0 unspecified atom stereocenters. The molecule has 0 fully saturated rings. The van der Waals surface area contributed by atoms with Crippen molar-refractivity contribution in [3.8, 4) is 29.0 Å². The van der Waals surface area contributed by atoms with Crippen LogP contribution in [0.25, 0.3) is 38.6 Å². The van der Waals surface area contributed by atoms with Gasteiger partial charge >= 0.3 is 0 Å². The van der Waals surface area contributed by atoms with E-state index in [1.54, 1.807) is 18.2 Å². The van der Waals surface area contributed by atoms with E-state index in [4.69, 9.17) is 0 Å². The van der Waals surface area contributed by atoms with Crippen LogP contribution in [0.3, 0.4) is 0 Å². The highest BCUT2D eigenvalue weighted by Crippen LogP contribution is 2.38. The van der Waals surface area contributed by atoms with Crippen molar-refractivity contribution < 1.29 is 0 Å². The zero-order valence-electron chi connectivity index (χ0n) is 17.8. The number of aromatic nitrogens is 1. The highest BCUT2D eigenvalue weighted by molar-refractivity contribution is 7.04. The van der Waals surface area contributed by atoms with E-state index in [9.17, 15) is 10.5 Å². The van der Waals surface area contributed by atoms with E-state index < -0.39 is 8.07 Å². The molecule has 0 atom stereocenters. The summed E-state index contributed by atoms with van der Waals surface area (Å²) in [7, 11) is -1.86. The summed E-state index contributed by atoms with van der Waals surface area (Å²) in [6, 6.07) is 31.7. The molecule has 1 aliphatic rings. The molecule has 0 aliphatic carbocycles. The molecule has 6 rings (SSSR count). The lowest BCUT2D eigenvalue weighted by atomic mass is 10.0. The summed E-state index contributed by atoms with van der Waals surface area (Å²) < 4.78 is 2.12. The van der Waals surface area contributed by atoms with E-state index in [0.717, 1.165) is 21.8 Å². The molecule has 0 amide bonds. The average Bonchev–Trinajstić information content (AvgIpc) is 3.26. The molecule has 0 saturated heterocycles. The Hall–Kier alpha value is -4.12. The molecule has 1 aliphatic heterocycles. The molecule has 151 valence electrons. The number of hydrogen-bond donors (Lipinski definition) is 0. The minimum atomic E-state index is -1.86. The molecule has 0 radical (unpaired) electrons. The van der Waals surface area contributed by atoms with Crippen molar-refractivity contribution >= 4 is 40.3 Å². The normalized spacial score (nSPS) is 13.5. The van der Waals surface area contributed by atoms with Crippen LogP contribution in [0.15, 0.2) is 78.9 Å². The largest absolute Gasteiger partial charge is 0.307 e. The van der Waals surface area contributed by atoms with Gasteiger partial charge in [-0.2, -0.15) is 34.0 Å². The zero-order valence-corrected chi connectivity index (χ0v) is 18.8. The fraction of sp³-hybridized carbons (Fsp3) is 0.0714. The van der Waals surface area contributed by atoms with Crippen LogP contribution in [-0.2, 0) is 0 Å². The van der Waals surface area contributed by atoms with Crippen molar-refractivity contribution in [2.24, 2.45) is 0 Å².